The van der Waals surface area contributed by atoms with Gasteiger partial charge in [0.25, 0.3) is 17.6 Å². The number of hydrogen-bond donors (Lipinski definition) is 1. The number of carbonyl (C=O) groups is 2. The molecule has 1 aliphatic heterocycles. The largest absolute Gasteiger partial charge is 0.363 e. The maximum absolute atomic E-state index is 12.8. The fourth-order valence-corrected chi connectivity index (χ4v) is 2.91. The molecule has 1 aromatic heterocycles. The van der Waals surface area contributed by atoms with Gasteiger partial charge in [-0.25, -0.2) is 0 Å². The van der Waals surface area contributed by atoms with Crippen LogP contribution in [0.4, 0.5) is 0 Å². The number of nitrogens with two attached hydrogens (primary N) is 1. The van der Waals surface area contributed by atoms with Crippen LogP contribution in [0.25, 0.3) is 0 Å². The van der Waals surface area contributed by atoms with Crippen molar-refractivity contribution in [2.24, 2.45) is 5.73 Å². The second-order valence-corrected chi connectivity index (χ2v) is 5.79. The summed E-state index contributed by atoms with van der Waals surface area (Å²) in [5.74, 6) is -0.932. The van der Waals surface area contributed by atoms with Gasteiger partial charge in [-0.15, -0.1) is 0 Å². The van der Waals surface area contributed by atoms with E-state index in [1.807, 2.05) is 13.0 Å². The van der Waals surface area contributed by atoms with Crippen LogP contribution in [0.5, 0.6) is 0 Å². The zero-order valence-electron chi connectivity index (χ0n) is 12.5. The average Bonchev–Trinajstić information content (AvgIpc) is 3.17. The summed E-state index contributed by atoms with van der Waals surface area (Å²) < 4.78 is 5.09. The van der Waals surface area contributed by atoms with Crippen LogP contribution in [0, 0.1) is 6.92 Å². The molecule has 0 unspecified atom stereocenters. The van der Waals surface area contributed by atoms with Crippen LogP contribution < -0.4 is 5.73 Å². The summed E-state index contributed by atoms with van der Waals surface area (Å²) in [5.41, 5.74) is 6.40. The molecule has 1 aliphatic rings. The first-order valence-electron chi connectivity index (χ1n) is 7.18. The standard InChI is InChI=1S/C15H15ClN4O3/c1-8-4-2-5-9(11(8)16)15(22)20-7-3-6-10(20)14-18-13(12(17)21)19-23-14/h2,4-5,10H,3,6-7H2,1H3,(H2,17,21)/t10-/m1/s1. The van der Waals surface area contributed by atoms with E-state index in [2.05, 4.69) is 10.1 Å². The minimum atomic E-state index is -0.766. The molecule has 7 nitrogen and oxygen atoms in total. The molecular weight excluding hydrogens is 320 g/mol. The number of nitrogens with zero attached hydrogens (tertiary/aromatic N) is 3. The molecule has 1 aromatic carbocycles. The van der Waals surface area contributed by atoms with Crippen LogP contribution in [0.2, 0.25) is 5.02 Å². The number of halogens is 1. The third-order valence-electron chi connectivity index (χ3n) is 3.88. The van der Waals surface area contributed by atoms with Crippen molar-refractivity contribution in [3.8, 4) is 0 Å². The van der Waals surface area contributed by atoms with Crippen LogP contribution in [-0.2, 0) is 0 Å². The molecule has 0 bridgehead atoms. The zero-order valence-corrected chi connectivity index (χ0v) is 13.2. The second kappa shape index (κ2) is 6.00. The molecule has 2 aromatic rings. The van der Waals surface area contributed by atoms with E-state index < -0.39 is 5.91 Å². The highest BCUT2D eigenvalue weighted by Gasteiger charge is 2.35. The van der Waals surface area contributed by atoms with Crippen LogP contribution in [0.15, 0.2) is 22.7 Å². The number of amides is 2. The molecule has 1 atom stereocenters. The summed E-state index contributed by atoms with van der Waals surface area (Å²) >= 11 is 6.25. The maximum Gasteiger partial charge on any atom is 0.290 e. The van der Waals surface area contributed by atoms with E-state index in [1.165, 1.54) is 0 Å². The van der Waals surface area contributed by atoms with E-state index in [1.54, 1.807) is 17.0 Å². The molecule has 1 saturated heterocycles. The lowest BCUT2D eigenvalue weighted by Crippen LogP contribution is -2.31. The van der Waals surface area contributed by atoms with Crippen LogP contribution in [0.3, 0.4) is 0 Å². The summed E-state index contributed by atoms with van der Waals surface area (Å²) in [6.07, 6.45) is 1.48. The Morgan fingerprint density at radius 2 is 2.22 bits per heavy atom. The van der Waals surface area contributed by atoms with Crippen molar-refractivity contribution in [1.82, 2.24) is 15.0 Å². The van der Waals surface area contributed by atoms with Crippen molar-refractivity contribution in [2.45, 2.75) is 25.8 Å². The van der Waals surface area contributed by atoms with Crippen molar-refractivity contribution >= 4 is 23.4 Å². The first kappa shape index (κ1) is 15.5. The smallest absolute Gasteiger partial charge is 0.290 e. The van der Waals surface area contributed by atoms with Crippen LogP contribution >= 0.6 is 11.6 Å². The van der Waals surface area contributed by atoms with E-state index >= 15 is 0 Å². The summed E-state index contributed by atoms with van der Waals surface area (Å²) in [5, 5.41) is 3.97. The Hall–Kier alpha value is -2.41. The van der Waals surface area contributed by atoms with Gasteiger partial charge in [-0.1, -0.05) is 28.9 Å². The fraction of sp³-hybridized carbons (Fsp3) is 0.333. The van der Waals surface area contributed by atoms with E-state index in [0.29, 0.717) is 23.6 Å². The third kappa shape index (κ3) is 2.79. The molecule has 1 fully saturated rings. The van der Waals surface area contributed by atoms with E-state index in [0.717, 1.165) is 12.0 Å². The molecular formula is C15H15ClN4O3. The summed E-state index contributed by atoms with van der Waals surface area (Å²) in [6, 6.07) is 4.95. The highest BCUT2D eigenvalue weighted by Crippen LogP contribution is 2.33. The number of carbonyl (C=O) groups excluding carboxylic acids is 2. The third-order valence-corrected chi connectivity index (χ3v) is 4.38. The van der Waals surface area contributed by atoms with Crippen molar-refractivity contribution in [3.05, 3.63) is 46.1 Å². The van der Waals surface area contributed by atoms with Crippen molar-refractivity contribution in [3.63, 3.8) is 0 Å². The molecule has 3 rings (SSSR count). The van der Waals surface area contributed by atoms with Gasteiger partial charge in [-0.2, -0.15) is 4.98 Å². The highest BCUT2D eigenvalue weighted by molar-refractivity contribution is 6.34. The van der Waals surface area contributed by atoms with Gasteiger partial charge in [0, 0.05) is 6.54 Å². The predicted octanol–water partition coefficient (Wildman–Crippen LogP) is 2.11. The number of likely N-dealkylation sites (tertiary alicyclic amines) is 1. The first-order chi connectivity index (χ1) is 11.0. The van der Waals surface area contributed by atoms with Gasteiger partial charge >= 0.3 is 0 Å². The number of benzene rings is 1. The number of aromatic nitrogens is 2. The molecule has 0 spiro atoms. The lowest BCUT2D eigenvalue weighted by Gasteiger charge is -2.22. The SMILES string of the molecule is Cc1cccc(C(=O)N2CCC[C@@H]2c2nc(C(N)=O)no2)c1Cl. The highest BCUT2D eigenvalue weighted by atomic mass is 35.5. The van der Waals surface area contributed by atoms with E-state index in [9.17, 15) is 9.59 Å². The Labute approximate surface area is 137 Å². The van der Waals surface area contributed by atoms with Gasteiger partial charge in [0.05, 0.1) is 10.6 Å². The molecule has 23 heavy (non-hydrogen) atoms. The lowest BCUT2D eigenvalue weighted by atomic mass is 10.1. The van der Waals surface area contributed by atoms with E-state index in [-0.39, 0.29) is 23.7 Å². The average molecular weight is 335 g/mol. The monoisotopic (exact) mass is 334 g/mol. The van der Waals surface area contributed by atoms with Crippen LogP contribution in [-0.4, -0.2) is 33.4 Å². The van der Waals surface area contributed by atoms with Gasteiger partial charge < -0.3 is 15.2 Å². The van der Waals surface area contributed by atoms with Crippen molar-refractivity contribution in [2.75, 3.05) is 6.54 Å². The molecule has 2 N–H and O–H groups in total. The Kier molecular flexibility index (Phi) is 4.04. The quantitative estimate of drug-likeness (QED) is 0.926. The Balaban J connectivity index is 1.90. The molecule has 2 amide bonds. The molecule has 0 aliphatic carbocycles. The maximum atomic E-state index is 12.8. The molecule has 0 radical (unpaired) electrons. The summed E-state index contributed by atoms with van der Waals surface area (Å²) in [6.45, 7) is 2.40. The number of aryl methyl sites for hydroxylation is 1. The molecule has 0 saturated carbocycles. The predicted molar refractivity (Wildman–Crippen MR) is 82.0 cm³/mol. The Morgan fingerprint density at radius 3 is 2.91 bits per heavy atom. The van der Waals surface area contributed by atoms with Gasteiger partial charge in [-0.05, 0) is 31.4 Å². The number of hydrogen-bond acceptors (Lipinski definition) is 5. The van der Waals surface area contributed by atoms with Gasteiger partial charge in [0.2, 0.25) is 5.89 Å². The van der Waals surface area contributed by atoms with Crippen molar-refractivity contribution < 1.29 is 14.1 Å². The molecule has 8 heteroatoms. The second-order valence-electron chi connectivity index (χ2n) is 5.41. The molecule has 2 heterocycles. The zero-order chi connectivity index (χ0) is 16.6. The number of rotatable bonds is 3. The minimum Gasteiger partial charge on any atom is -0.363 e. The molecule has 120 valence electrons. The van der Waals surface area contributed by atoms with Gasteiger partial charge in [-0.3, -0.25) is 9.59 Å². The topological polar surface area (TPSA) is 102 Å². The van der Waals surface area contributed by atoms with E-state index in [4.69, 9.17) is 21.9 Å². The normalized spacial score (nSPS) is 17.5. The van der Waals surface area contributed by atoms with Crippen molar-refractivity contribution in [1.29, 1.82) is 0 Å². The van der Waals surface area contributed by atoms with Gasteiger partial charge in [0.1, 0.15) is 6.04 Å². The van der Waals surface area contributed by atoms with Crippen LogP contribution in [0.1, 0.15) is 51.3 Å². The summed E-state index contributed by atoms with van der Waals surface area (Å²) in [4.78, 5) is 29.5. The Morgan fingerprint density at radius 1 is 1.43 bits per heavy atom. The lowest BCUT2D eigenvalue weighted by molar-refractivity contribution is 0.0710. The minimum absolute atomic E-state index is 0.187. The Bertz CT molecular complexity index is 774. The first-order valence-corrected chi connectivity index (χ1v) is 7.56. The fourth-order valence-electron chi connectivity index (χ4n) is 2.70. The summed E-state index contributed by atoms with van der Waals surface area (Å²) in [7, 11) is 0. The number of primary amides is 1. The van der Waals surface area contributed by atoms with Gasteiger partial charge in [0.15, 0.2) is 0 Å².